The summed E-state index contributed by atoms with van der Waals surface area (Å²) in [5.41, 5.74) is 1.13. The minimum atomic E-state index is -0.606. The lowest BCUT2D eigenvalue weighted by molar-refractivity contribution is -0.138. The number of rotatable bonds is 3. The number of hydrogen-bond acceptors (Lipinski definition) is 4. The Labute approximate surface area is 116 Å². The van der Waals surface area contributed by atoms with Crippen LogP contribution in [-0.4, -0.2) is 45.0 Å². The lowest BCUT2D eigenvalue weighted by Gasteiger charge is -2.33. The molecule has 0 spiro atoms. The Hall–Kier alpha value is -2.18. The second kappa shape index (κ2) is 5.44. The molecule has 1 atom stereocenters. The van der Waals surface area contributed by atoms with Crippen molar-refractivity contribution in [2.75, 3.05) is 6.54 Å². The number of carbonyl (C=O) groups is 3. The molecule has 2 heterocycles. The summed E-state index contributed by atoms with van der Waals surface area (Å²) in [6.45, 7) is 3.62. The topological polar surface area (TPSA) is 84.3 Å². The Morgan fingerprint density at radius 3 is 2.75 bits per heavy atom. The molecule has 20 heavy (non-hydrogen) atoms. The summed E-state index contributed by atoms with van der Waals surface area (Å²) >= 11 is 0. The highest BCUT2D eigenvalue weighted by Gasteiger charge is 2.36. The average molecular weight is 278 g/mol. The second-order valence-corrected chi connectivity index (χ2v) is 4.79. The van der Waals surface area contributed by atoms with E-state index in [4.69, 9.17) is 0 Å². The van der Waals surface area contributed by atoms with Crippen molar-refractivity contribution >= 4 is 17.7 Å². The van der Waals surface area contributed by atoms with Gasteiger partial charge >= 0.3 is 0 Å². The maximum atomic E-state index is 12.6. The maximum absolute atomic E-state index is 12.6. The first-order chi connectivity index (χ1) is 9.47. The van der Waals surface area contributed by atoms with Gasteiger partial charge in [0.25, 0.3) is 5.91 Å². The molecule has 0 saturated carbocycles. The van der Waals surface area contributed by atoms with Crippen molar-refractivity contribution in [2.24, 2.45) is 7.05 Å². The van der Waals surface area contributed by atoms with Gasteiger partial charge in [-0.15, -0.1) is 0 Å². The van der Waals surface area contributed by atoms with Gasteiger partial charge in [-0.1, -0.05) is 13.8 Å². The van der Waals surface area contributed by atoms with E-state index in [9.17, 15) is 14.4 Å². The lowest BCUT2D eigenvalue weighted by Crippen LogP contribution is -2.59. The van der Waals surface area contributed by atoms with Gasteiger partial charge in [-0.25, -0.2) is 0 Å². The molecule has 2 rings (SSSR count). The molecule has 1 aromatic heterocycles. The molecule has 7 heteroatoms. The highest BCUT2D eigenvalue weighted by molar-refractivity contribution is 6.07. The summed E-state index contributed by atoms with van der Waals surface area (Å²) in [6.07, 6.45) is 2.71. The summed E-state index contributed by atoms with van der Waals surface area (Å²) < 4.78 is 1.57. The van der Waals surface area contributed by atoms with Crippen LogP contribution in [0.5, 0.6) is 0 Å². The fourth-order valence-corrected chi connectivity index (χ4v) is 2.41. The highest BCUT2D eigenvalue weighted by Crippen LogP contribution is 2.16. The van der Waals surface area contributed by atoms with Crippen molar-refractivity contribution in [1.29, 1.82) is 0 Å². The van der Waals surface area contributed by atoms with Crippen LogP contribution >= 0.6 is 0 Å². The van der Waals surface area contributed by atoms with Crippen LogP contribution in [0.3, 0.4) is 0 Å². The maximum Gasteiger partial charge on any atom is 0.258 e. The van der Waals surface area contributed by atoms with Crippen LogP contribution in [0.2, 0.25) is 0 Å². The average Bonchev–Trinajstić information content (AvgIpc) is 2.78. The number of carbonyl (C=O) groups excluding carboxylic acids is 3. The zero-order valence-corrected chi connectivity index (χ0v) is 11.8. The molecule has 0 aliphatic carbocycles. The highest BCUT2D eigenvalue weighted by atomic mass is 16.2. The van der Waals surface area contributed by atoms with Crippen molar-refractivity contribution in [2.45, 2.75) is 32.7 Å². The SMILES string of the molecule is CCc1nn(C)cc1C(=O)N1CC(=O)NC(=O)C1CC. The molecule has 3 amide bonds. The van der Waals surface area contributed by atoms with E-state index in [1.165, 1.54) is 4.90 Å². The number of aromatic nitrogens is 2. The van der Waals surface area contributed by atoms with Crippen LogP contribution in [-0.2, 0) is 23.1 Å². The van der Waals surface area contributed by atoms with E-state index in [1.807, 2.05) is 13.8 Å². The van der Waals surface area contributed by atoms with Gasteiger partial charge in [-0.3, -0.25) is 24.4 Å². The predicted molar refractivity (Wildman–Crippen MR) is 70.9 cm³/mol. The van der Waals surface area contributed by atoms with Gasteiger partial charge < -0.3 is 4.90 Å². The summed E-state index contributed by atoms with van der Waals surface area (Å²) in [5, 5.41) is 6.48. The van der Waals surface area contributed by atoms with E-state index < -0.39 is 17.9 Å². The molecular formula is C13H18N4O3. The Kier molecular flexibility index (Phi) is 3.87. The molecule has 7 nitrogen and oxygen atoms in total. The summed E-state index contributed by atoms with van der Waals surface area (Å²) in [6, 6.07) is -0.606. The predicted octanol–water partition coefficient (Wildman–Crippen LogP) is -0.140. The van der Waals surface area contributed by atoms with Crippen LogP contribution in [0, 0.1) is 0 Å². The van der Waals surface area contributed by atoms with Crippen molar-refractivity contribution in [3.05, 3.63) is 17.5 Å². The van der Waals surface area contributed by atoms with Crippen LogP contribution in [0.1, 0.15) is 36.3 Å². The van der Waals surface area contributed by atoms with E-state index in [-0.39, 0.29) is 12.5 Å². The second-order valence-electron chi connectivity index (χ2n) is 4.79. The first kappa shape index (κ1) is 14.2. The Morgan fingerprint density at radius 1 is 1.45 bits per heavy atom. The van der Waals surface area contributed by atoms with E-state index in [0.717, 1.165) is 0 Å². The van der Waals surface area contributed by atoms with Gasteiger partial charge in [0.05, 0.1) is 11.3 Å². The first-order valence-electron chi connectivity index (χ1n) is 6.65. The number of piperazine rings is 1. The van der Waals surface area contributed by atoms with Gasteiger partial charge in [-0.2, -0.15) is 5.10 Å². The third-order valence-electron chi connectivity index (χ3n) is 3.37. The fraction of sp³-hybridized carbons (Fsp3) is 0.538. The monoisotopic (exact) mass is 278 g/mol. The summed E-state index contributed by atoms with van der Waals surface area (Å²) in [5.74, 6) is -1.18. The minimum Gasteiger partial charge on any atom is -0.317 e. The molecule has 1 N–H and O–H groups in total. The van der Waals surface area contributed by atoms with Crippen LogP contribution < -0.4 is 5.32 Å². The molecule has 0 aromatic carbocycles. The number of nitrogens with one attached hydrogen (secondary N) is 1. The van der Waals surface area contributed by atoms with Crippen molar-refractivity contribution < 1.29 is 14.4 Å². The van der Waals surface area contributed by atoms with Crippen LogP contribution in [0.25, 0.3) is 0 Å². The van der Waals surface area contributed by atoms with Gasteiger partial charge in [0.2, 0.25) is 11.8 Å². The zero-order chi connectivity index (χ0) is 14.9. The van der Waals surface area contributed by atoms with Gasteiger partial charge in [-0.05, 0) is 12.8 Å². The van der Waals surface area contributed by atoms with Crippen LogP contribution in [0.4, 0.5) is 0 Å². The zero-order valence-electron chi connectivity index (χ0n) is 11.8. The first-order valence-corrected chi connectivity index (χ1v) is 6.65. The summed E-state index contributed by atoms with van der Waals surface area (Å²) in [4.78, 5) is 37.2. The molecule has 0 bridgehead atoms. The molecule has 1 aliphatic heterocycles. The Balaban J connectivity index is 2.34. The minimum absolute atomic E-state index is 0.0961. The molecule has 1 unspecified atom stereocenters. The molecule has 108 valence electrons. The van der Waals surface area contributed by atoms with Crippen LogP contribution in [0.15, 0.2) is 6.20 Å². The van der Waals surface area contributed by atoms with Gasteiger partial charge in [0, 0.05) is 13.2 Å². The van der Waals surface area contributed by atoms with Crippen molar-refractivity contribution in [3.8, 4) is 0 Å². The largest absolute Gasteiger partial charge is 0.317 e. The molecule has 1 aliphatic rings. The third kappa shape index (κ3) is 2.43. The van der Waals surface area contributed by atoms with E-state index in [0.29, 0.717) is 24.1 Å². The van der Waals surface area contributed by atoms with Crippen molar-refractivity contribution in [3.63, 3.8) is 0 Å². The number of hydrogen-bond donors (Lipinski definition) is 1. The third-order valence-corrected chi connectivity index (χ3v) is 3.37. The molecule has 1 saturated heterocycles. The van der Waals surface area contributed by atoms with Gasteiger partial charge in [0.1, 0.15) is 12.6 Å². The number of amides is 3. The lowest BCUT2D eigenvalue weighted by atomic mass is 10.1. The fourth-order valence-electron chi connectivity index (χ4n) is 2.41. The molecular weight excluding hydrogens is 260 g/mol. The number of aryl methyl sites for hydroxylation is 2. The Bertz CT molecular complexity index is 564. The van der Waals surface area contributed by atoms with Crippen molar-refractivity contribution in [1.82, 2.24) is 20.0 Å². The van der Waals surface area contributed by atoms with E-state index in [2.05, 4.69) is 10.4 Å². The molecule has 1 aromatic rings. The Morgan fingerprint density at radius 2 is 2.15 bits per heavy atom. The smallest absolute Gasteiger partial charge is 0.258 e. The standard InChI is InChI=1S/C13H18N4O3/c1-4-9-8(6-16(3)15-9)13(20)17-7-11(18)14-12(19)10(17)5-2/h6,10H,4-5,7H2,1-3H3,(H,14,18,19). The quantitative estimate of drug-likeness (QED) is 0.780. The van der Waals surface area contributed by atoms with E-state index in [1.54, 1.807) is 17.9 Å². The summed E-state index contributed by atoms with van der Waals surface area (Å²) in [7, 11) is 1.74. The normalized spacial score (nSPS) is 19.1. The molecule has 0 radical (unpaired) electrons. The number of nitrogens with zero attached hydrogens (tertiary/aromatic N) is 3. The molecule has 1 fully saturated rings. The van der Waals surface area contributed by atoms with Gasteiger partial charge in [0.15, 0.2) is 0 Å². The number of imide groups is 1. The van der Waals surface area contributed by atoms with E-state index >= 15 is 0 Å².